The second-order valence-corrected chi connectivity index (χ2v) is 6.49. The standard InChI is InChI=1S/C17H22N2OS/c1-11(2)16(15-6-5-9-21-15)19-17(20)13-8-7-12(3)10-14(13)18-4/h5-11,16,18H,1-4H3,(H,19,20). The quantitative estimate of drug-likeness (QED) is 0.868. The van der Waals surface area contributed by atoms with Crippen LogP contribution in [0.15, 0.2) is 35.7 Å². The van der Waals surface area contributed by atoms with Crippen LogP contribution in [0, 0.1) is 12.8 Å². The van der Waals surface area contributed by atoms with Gasteiger partial charge in [-0.3, -0.25) is 4.79 Å². The molecule has 0 saturated carbocycles. The summed E-state index contributed by atoms with van der Waals surface area (Å²) in [6, 6.07) is 9.97. The van der Waals surface area contributed by atoms with Crippen molar-refractivity contribution in [2.45, 2.75) is 26.8 Å². The van der Waals surface area contributed by atoms with Gasteiger partial charge in [0.05, 0.1) is 11.6 Å². The molecule has 0 aliphatic heterocycles. The second-order valence-electron chi connectivity index (χ2n) is 5.51. The molecular formula is C17H22N2OS. The normalized spacial score (nSPS) is 12.2. The van der Waals surface area contributed by atoms with Crippen molar-refractivity contribution in [3.05, 3.63) is 51.7 Å². The predicted molar refractivity (Wildman–Crippen MR) is 90.1 cm³/mol. The Balaban J connectivity index is 2.24. The lowest BCUT2D eigenvalue weighted by Crippen LogP contribution is -2.31. The van der Waals surface area contributed by atoms with E-state index in [1.807, 2.05) is 43.6 Å². The molecule has 0 fully saturated rings. The van der Waals surface area contributed by atoms with Crippen molar-refractivity contribution in [2.75, 3.05) is 12.4 Å². The summed E-state index contributed by atoms with van der Waals surface area (Å²) >= 11 is 1.68. The first-order valence-electron chi connectivity index (χ1n) is 7.15. The molecule has 1 amide bonds. The molecule has 0 aliphatic rings. The number of carbonyl (C=O) groups excluding carboxylic acids is 1. The van der Waals surface area contributed by atoms with Crippen LogP contribution in [-0.2, 0) is 0 Å². The average Bonchev–Trinajstić information content (AvgIpc) is 2.97. The van der Waals surface area contributed by atoms with Crippen molar-refractivity contribution < 1.29 is 4.79 Å². The molecule has 1 aromatic heterocycles. The van der Waals surface area contributed by atoms with E-state index in [0.29, 0.717) is 11.5 Å². The van der Waals surface area contributed by atoms with Crippen LogP contribution >= 0.6 is 11.3 Å². The van der Waals surface area contributed by atoms with Gasteiger partial charge in [-0.2, -0.15) is 0 Å². The smallest absolute Gasteiger partial charge is 0.253 e. The Labute approximate surface area is 130 Å². The second kappa shape index (κ2) is 6.76. The summed E-state index contributed by atoms with van der Waals surface area (Å²) in [5.74, 6) is 0.308. The van der Waals surface area contributed by atoms with Gasteiger partial charge in [0, 0.05) is 17.6 Å². The zero-order chi connectivity index (χ0) is 15.4. The van der Waals surface area contributed by atoms with Gasteiger partial charge in [-0.25, -0.2) is 0 Å². The van der Waals surface area contributed by atoms with Gasteiger partial charge in [0.2, 0.25) is 0 Å². The summed E-state index contributed by atoms with van der Waals surface area (Å²) in [6.07, 6.45) is 0. The molecule has 2 aromatic rings. The lowest BCUT2D eigenvalue weighted by atomic mass is 10.0. The van der Waals surface area contributed by atoms with Crippen LogP contribution in [0.4, 0.5) is 5.69 Å². The van der Waals surface area contributed by atoms with E-state index in [9.17, 15) is 4.79 Å². The maximum Gasteiger partial charge on any atom is 0.253 e. The van der Waals surface area contributed by atoms with Crippen LogP contribution < -0.4 is 10.6 Å². The van der Waals surface area contributed by atoms with E-state index in [0.717, 1.165) is 11.3 Å². The molecule has 21 heavy (non-hydrogen) atoms. The Hall–Kier alpha value is -1.81. The van der Waals surface area contributed by atoms with Crippen molar-refractivity contribution in [1.29, 1.82) is 0 Å². The minimum absolute atomic E-state index is 0.0357. The summed E-state index contributed by atoms with van der Waals surface area (Å²) in [4.78, 5) is 13.8. The van der Waals surface area contributed by atoms with Crippen molar-refractivity contribution in [2.24, 2.45) is 5.92 Å². The van der Waals surface area contributed by atoms with Crippen LogP contribution in [0.1, 0.15) is 40.7 Å². The third-order valence-electron chi connectivity index (χ3n) is 3.49. The summed E-state index contributed by atoms with van der Waals surface area (Å²) in [5.41, 5.74) is 2.68. The number of benzene rings is 1. The minimum atomic E-state index is -0.0357. The van der Waals surface area contributed by atoms with E-state index >= 15 is 0 Å². The number of hydrogen-bond donors (Lipinski definition) is 2. The third kappa shape index (κ3) is 3.64. The van der Waals surface area contributed by atoms with Gasteiger partial charge in [0.1, 0.15) is 0 Å². The maximum atomic E-state index is 12.6. The highest BCUT2D eigenvalue weighted by atomic mass is 32.1. The maximum absolute atomic E-state index is 12.6. The molecule has 1 heterocycles. The van der Waals surface area contributed by atoms with E-state index in [2.05, 4.69) is 30.5 Å². The number of carbonyl (C=O) groups is 1. The molecule has 0 saturated heterocycles. The monoisotopic (exact) mass is 302 g/mol. The van der Waals surface area contributed by atoms with Crippen LogP contribution in [0.25, 0.3) is 0 Å². The first-order valence-corrected chi connectivity index (χ1v) is 8.03. The fraction of sp³-hybridized carbons (Fsp3) is 0.353. The summed E-state index contributed by atoms with van der Waals surface area (Å²) < 4.78 is 0. The molecule has 112 valence electrons. The SMILES string of the molecule is CNc1cc(C)ccc1C(=O)NC(c1cccs1)C(C)C. The molecule has 1 atom stereocenters. The molecule has 0 bridgehead atoms. The Morgan fingerprint density at radius 3 is 2.57 bits per heavy atom. The Morgan fingerprint density at radius 2 is 2.00 bits per heavy atom. The molecule has 0 radical (unpaired) electrons. The molecule has 0 spiro atoms. The summed E-state index contributed by atoms with van der Waals surface area (Å²) in [6.45, 7) is 6.27. The molecule has 2 N–H and O–H groups in total. The third-order valence-corrected chi connectivity index (χ3v) is 4.45. The van der Waals surface area contributed by atoms with E-state index in [1.54, 1.807) is 11.3 Å². The van der Waals surface area contributed by atoms with E-state index < -0.39 is 0 Å². The number of hydrogen-bond acceptors (Lipinski definition) is 3. The largest absolute Gasteiger partial charge is 0.387 e. The van der Waals surface area contributed by atoms with E-state index in [1.165, 1.54) is 4.88 Å². The number of thiophene rings is 1. The van der Waals surface area contributed by atoms with Crippen LogP contribution in [0.3, 0.4) is 0 Å². The molecule has 1 aromatic carbocycles. The number of amides is 1. The number of anilines is 1. The van der Waals surface area contributed by atoms with E-state index in [-0.39, 0.29) is 11.9 Å². The van der Waals surface area contributed by atoms with Gasteiger partial charge in [-0.15, -0.1) is 11.3 Å². The highest BCUT2D eigenvalue weighted by molar-refractivity contribution is 7.10. The van der Waals surface area contributed by atoms with Crippen molar-refractivity contribution in [1.82, 2.24) is 5.32 Å². The van der Waals surface area contributed by atoms with Crippen molar-refractivity contribution in [3.63, 3.8) is 0 Å². The highest BCUT2D eigenvalue weighted by Gasteiger charge is 2.21. The zero-order valence-electron chi connectivity index (χ0n) is 12.9. The van der Waals surface area contributed by atoms with E-state index in [4.69, 9.17) is 0 Å². The fourth-order valence-electron chi connectivity index (χ4n) is 2.32. The topological polar surface area (TPSA) is 41.1 Å². The molecule has 2 rings (SSSR count). The number of aryl methyl sites for hydroxylation is 1. The molecule has 0 aliphatic carbocycles. The molecular weight excluding hydrogens is 280 g/mol. The van der Waals surface area contributed by atoms with Gasteiger partial charge in [0.15, 0.2) is 0 Å². The predicted octanol–water partition coefficient (Wildman–Crippen LogP) is 4.23. The van der Waals surface area contributed by atoms with Gasteiger partial charge >= 0.3 is 0 Å². The van der Waals surface area contributed by atoms with Gasteiger partial charge in [-0.1, -0.05) is 26.0 Å². The summed E-state index contributed by atoms with van der Waals surface area (Å²) in [7, 11) is 1.84. The van der Waals surface area contributed by atoms with Crippen LogP contribution in [-0.4, -0.2) is 13.0 Å². The molecule has 4 heteroatoms. The van der Waals surface area contributed by atoms with Gasteiger partial charge in [0.25, 0.3) is 5.91 Å². The first-order chi connectivity index (χ1) is 10.0. The van der Waals surface area contributed by atoms with Crippen molar-refractivity contribution >= 4 is 22.9 Å². The lowest BCUT2D eigenvalue weighted by molar-refractivity contribution is 0.0927. The summed E-state index contributed by atoms with van der Waals surface area (Å²) in [5, 5.41) is 8.30. The Bertz CT molecular complexity index is 605. The molecule has 1 unspecified atom stereocenters. The van der Waals surface area contributed by atoms with Gasteiger partial charge < -0.3 is 10.6 Å². The van der Waals surface area contributed by atoms with Crippen molar-refractivity contribution in [3.8, 4) is 0 Å². The van der Waals surface area contributed by atoms with Gasteiger partial charge in [-0.05, 0) is 42.0 Å². The molecule has 3 nitrogen and oxygen atoms in total. The minimum Gasteiger partial charge on any atom is -0.387 e. The fourth-order valence-corrected chi connectivity index (χ4v) is 3.27. The Morgan fingerprint density at radius 1 is 1.24 bits per heavy atom. The zero-order valence-corrected chi connectivity index (χ0v) is 13.8. The highest BCUT2D eigenvalue weighted by Crippen LogP contribution is 2.27. The van der Waals surface area contributed by atoms with Crippen LogP contribution in [0.5, 0.6) is 0 Å². The first kappa shape index (κ1) is 15.6. The number of rotatable bonds is 5. The average molecular weight is 302 g/mol. The van der Waals surface area contributed by atoms with Crippen LogP contribution in [0.2, 0.25) is 0 Å². The Kier molecular flexibility index (Phi) is 5.02. The number of nitrogens with one attached hydrogen (secondary N) is 2. The lowest BCUT2D eigenvalue weighted by Gasteiger charge is -2.22.